The van der Waals surface area contributed by atoms with Crippen LogP contribution in [0.25, 0.3) is 0 Å². The number of ether oxygens (including phenoxy) is 2. The number of rotatable bonds is 5. The minimum Gasteiger partial charge on any atom is -0.493 e. The zero-order valence-electron chi connectivity index (χ0n) is 10.9. The van der Waals surface area contributed by atoms with Gasteiger partial charge in [-0.2, -0.15) is 0 Å². The highest BCUT2D eigenvalue weighted by Crippen LogP contribution is 2.28. The quantitative estimate of drug-likeness (QED) is 0.811. The van der Waals surface area contributed by atoms with Crippen LogP contribution >= 0.6 is 0 Å². The second-order valence-electron chi connectivity index (χ2n) is 4.49. The van der Waals surface area contributed by atoms with Crippen molar-refractivity contribution < 1.29 is 14.3 Å². The number of nitrogens with one attached hydrogen (secondary N) is 1. The Bertz CT molecular complexity index is 425. The molecule has 0 aromatic heterocycles. The molecule has 1 atom stereocenters. The third kappa shape index (κ3) is 2.82. The van der Waals surface area contributed by atoms with E-state index in [2.05, 4.69) is 5.32 Å². The number of hydrogen-bond donors (Lipinski definition) is 1. The van der Waals surface area contributed by atoms with Crippen molar-refractivity contribution in [2.45, 2.75) is 25.3 Å². The van der Waals surface area contributed by atoms with Gasteiger partial charge in [-0.05, 0) is 37.6 Å². The van der Waals surface area contributed by atoms with Crippen LogP contribution in [0.1, 0.15) is 29.6 Å². The van der Waals surface area contributed by atoms with Crippen LogP contribution in [-0.2, 0) is 0 Å². The Morgan fingerprint density at radius 3 is 2.72 bits per heavy atom. The minimum absolute atomic E-state index is 0.148. The summed E-state index contributed by atoms with van der Waals surface area (Å²) in [5.41, 5.74) is 0.682. The van der Waals surface area contributed by atoms with E-state index in [1.165, 1.54) is 0 Å². The summed E-state index contributed by atoms with van der Waals surface area (Å²) < 4.78 is 10.4. The molecule has 1 aliphatic rings. The van der Waals surface area contributed by atoms with Gasteiger partial charge in [0.1, 0.15) is 0 Å². The first-order chi connectivity index (χ1) is 8.74. The molecule has 0 aliphatic carbocycles. The molecule has 1 aromatic rings. The summed E-state index contributed by atoms with van der Waals surface area (Å²) in [6.45, 7) is 1.02. The number of Topliss-reactive ketones (excluding diaryl/α,β-unsaturated/α-hetero) is 1. The summed E-state index contributed by atoms with van der Waals surface area (Å²) in [7, 11) is 3.16. The molecule has 1 aliphatic heterocycles. The second-order valence-corrected chi connectivity index (χ2v) is 4.49. The van der Waals surface area contributed by atoms with Crippen molar-refractivity contribution in [2.75, 3.05) is 20.8 Å². The van der Waals surface area contributed by atoms with Crippen LogP contribution in [0.3, 0.4) is 0 Å². The van der Waals surface area contributed by atoms with Crippen LogP contribution in [0.5, 0.6) is 11.5 Å². The lowest BCUT2D eigenvalue weighted by atomic mass is 10.0. The van der Waals surface area contributed by atoms with E-state index in [1.807, 2.05) is 0 Å². The number of methoxy groups -OCH3 is 2. The van der Waals surface area contributed by atoms with E-state index in [-0.39, 0.29) is 5.78 Å². The van der Waals surface area contributed by atoms with Crippen molar-refractivity contribution >= 4 is 5.78 Å². The van der Waals surface area contributed by atoms with Crippen molar-refractivity contribution in [3.8, 4) is 11.5 Å². The molecule has 0 spiro atoms. The van der Waals surface area contributed by atoms with Gasteiger partial charge in [-0.1, -0.05) is 0 Å². The Morgan fingerprint density at radius 2 is 2.11 bits per heavy atom. The average molecular weight is 249 g/mol. The van der Waals surface area contributed by atoms with Crippen LogP contribution < -0.4 is 14.8 Å². The minimum atomic E-state index is 0.148. The first-order valence-electron chi connectivity index (χ1n) is 6.23. The standard InChI is InChI=1S/C14H19NO3/c1-17-13-6-5-10(8-14(13)18-2)12(16)9-11-4-3-7-15-11/h5-6,8,11,15H,3-4,7,9H2,1-2H3. The molecule has 18 heavy (non-hydrogen) atoms. The van der Waals surface area contributed by atoms with Crippen molar-refractivity contribution in [3.63, 3.8) is 0 Å². The van der Waals surface area contributed by atoms with Gasteiger partial charge in [-0.3, -0.25) is 4.79 Å². The van der Waals surface area contributed by atoms with Gasteiger partial charge in [0.05, 0.1) is 14.2 Å². The van der Waals surface area contributed by atoms with Crippen molar-refractivity contribution in [1.82, 2.24) is 5.32 Å². The van der Waals surface area contributed by atoms with E-state index in [1.54, 1.807) is 32.4 Å². The lowest BCUT2D eigenvalue weighted by Crippen LogP contribution is -2.24. The van der Waals surface area contributed by atoms with Crippen LogP contribution in [0.2, 0.25) is 0 Å². The van der Waals surface area contributed by atoms with E-state index in [9.17, 15) is 4.79 Å². The Kier molecular flexibility index (Phi) is 4.20. The smallest absolute Gasteiger partial charge is 0.164 e. The van der Waals surface area contributed by atoms with Crippen molar-refractivity contribution in [3.05, 3.63) is 23.8 Å². The number of benzene rings is 1. The number of carbonyl (C=O) groups is 1. The van der Waals surface area contributed by atoms with Gasteiger partial charge in [0.15, 0.2) is 17.3 Å². The first kappa shape index (κ1) is 12.9. The Balaban J connectivity index is 2.09. The van der Waals surface area contributed by atoms with Crippen molar-refractivity contribution in [2.24, 2.45) is 0 Å². The van der Waals surface area contributed by atoms with Crippen LogP contribution in [-0.4, -0.2) is 32.6 Å². The molecule has 1 fully saturated rings. The number of carbonyl (C=O) groups excluding carboxylic acids is 1. The summed E-state index contributed by atoms with van der Waals surface area (Å²) in [6.07, 6.45) is 2.79. The number of ketones is 1. The molecule has 0 radical (unpaired) electrons. The normalized spacial score (nSPS) is 18.7. The third-order valence-electron chi connectivity index (χ3n) is 3.30. The largest absolute Gasteiger partial charge is 0.493 e. The van der Waals surface area contributed by atoms with E-state index in [0.29, 0.717) is 29.5 Å². The fourth-order valence-electron chi connectivity index (χ4n) is 2.28. The maximum absolute atomic E-state index is 12.1. The fourth-order valence-corrected chi connectivity index (χ4v) is 2.28. The molecule has 98 valence electrons. The highest BCUT2D eigenvalue weighted by atomic mass is 16.5. The highest BCUT2D eigenvalue weighted by Gasteiger charge is 2.19. The maximum atomic E-state index is 12.1. The van der Waals surface area contributed by atoms with E-state index >= 15 is 0 Å². The fraction of sp³-hybridized carbons (Fsp3) is 0.500. The maximum Gasteiger partial charge on any atom is 0.164 e. The van der Waals surface area contributed by atoms with Crippen LogP contribution in [0.4, 0.5) is 0 Å². The average Bonchev–Trinajstić information content (AvgIpc) is 2.90. The monoisotopic (exact) mass is 249 g/mol. The Hall–Kier alpha value is -1.55. The molecule has 1 heterocycles. The molecule has 0 saturated carbocycles. The lowest BCUT2D eigenvalue weighted by Gasteiger charge is -2.11. The lowest BCUT2D eigenvalue weighted by molar-refractivity contribution is 0.0971. The molecule has 0 bridgehead atoms. The van der Waals surface area contributed by atoms with Gasteiger partial charge in [0, 0.05) is 18.0 Å². The molecule has 0 amide bonds. The Morgan fingerprint density at radius 1 is 1.33 bits per heavy atom. The van der Waals surface area contributed by atoms with Gasteiger partial charge in [0.2, 0.25) is 0 Å². The summed E-state index contributed by atoms with van der Waals surface area (Å²) in [5.74, 6) is 1.39. The van der Waals surface area contributed by atoms with E-state index in [4.69, 9.17) is 9.47 Å². The van der Waals surface area contributed by atoms with E-state index < -0.39 is 0 Å². The van der Waals surface area contributed by atoms with Gasteiger partial charge in [-0.25, -0.2) is 0 Å². The van der Waals surface area contributed by atoms with E-state index in [0.717, 1.165) is 19.4 Å². The molecule has 1 unspecified atom stereocenters. The molecular formula is C14H19NO3. The van der Waals surface area contributed by atoms with Crippen LogP contribution in [0, 0.1) is 0 Å². The first-order valence-corrected chi connectivity index (χ1v) is 6.23. The van der Waals surface area contributed by atoms with Gasteiger partial charge in [0.25, 0.3) is 0 Å². The van der Waals surface area contributed by atoms with Crippen molar-refractivity contribution in [1.29, 1.82) is 0 Å². The van der Waals surface area contributed by atoms with Gasteiger partial charge in [-0.15, -0.1) is 0 Å². The second kappa shape index (κ2) is 5.87. The molecular weight excluding hydrogens is 230 g/mol. The van der Waals surface area contributed by atoms with Crippen LogP contribution in [0.15, 0.2) is 18.2 Å². The summed E-state index contributed by atoms with van der Waals surface area (Å²) in [5, 5.41) is 3.33. The summed E-state index contributed by atoms with van der Waals surface area (Å²) in [6, 6.07) is 5.63. The van der Waals surface area contributed by atoms with Gasteiger partial charge < -0.3 is 14.8 Å². The summed E-state index contributed by atoms with van der Waals surface area (Å²) >= 11 is 0. The predicted octanol–water partition coefficient (Wildman–Crippen LogP) is 2.03. The molecule has 4 heteroatoms. The predicted molar refractivity (Wildman–Crippen MR) is 69.5 cm³/mol. The Labute approximate surface area is 107 Å². The molecule has 1 N–H and O–H groups in total. The number of hydrogen-bond acceptors (Lipinski definition) is 4. The van der Waals surface area contributed by atoms with Gasteiger partial charge >= 0.3 is 0 Å². The topological polar surface area (TPSA) is 47.6 Å². The third-order valence-corrected chi connectivity index (χ3v) is 3.30. The molecule has 2 rings (SSSR count). The highest BCUT2D eigenvalue weighted by molar-refractivity contribution is 5.97. The molecule has 1 aromatic carbocycles. The zero-order valence-corrected chi connectivity index (χ0v) is 10.9. The summed E-state index contributed by atoms with van der Waals surface area (Å²) in [4.78, 5) is 12.1. The SMILES string of the molecule is COc1ccc(C(=O)CC2CCCN2)cc1OC. The zero-order chi connectivity index (χ0) is 13.0. The molecule has 4 nitrogen and oxygen atoms in total. The molecule has 1 saturated heterocycles.